The van der Waals surface area contributed by atoms with Crippen molar-refractivity contribution >= 4 is 37.5 Å². The van der Waals surface area contributed by atoms with Crippen molar-refractivity contribution in [3.63, 3.8) is 0 Å². The van der Waals surface area contributed by atoms with E-state index in [0.717, 1.165) is 45.9 Å². The standard InChI is InChI=1S/C17H18Br2N4O/c18-13-5-12(10-22-14-1-3-15(24)4-2-14)17(16(19)6-13)23-9-11(7-20)8-21/h5-6,9,14-15,22-24H,1-4,10H2. The molecule has 1 aromatic carbocycles. The second-order valence-electron chi connectivity index (χ2n) is 5.73. The molecule has 1 aliphatic rings. The van der Waals surface area contributed by atoms with Gasteiger partial charge in [-0.1, -0.05) is 15.9 Å². The number of hydrogen-bond acceptors (Lipinski definition) is 5. The Bertz CT molecular complexity index is 682. The number of allylic oxidation sites excluding steroid dienone is 1. The van der Waals surface area contributed by atoms with Crippen molar-refractivity contribution in [1.82, 2.24) is 5.32 Å². The minimum atomic E-state index is -0.166. The van der Waals surface area contributed by atoms with Gasteiger partial charge in [-0.3, -0.25) is 0 Å². The number of nitrogens with one attached hydrogen (secondary N) is 2. The molecule has 1 aliphatic carbocycles. The predicted molar refractivity (Wildman–Crippen MR) is 99.9 cm³/mol. The lowest BCUT2D eigenvalue weighted by Crippen LogP contribution is -2.34. The number of aliphatic hydroxyl groups is 1. The zero-order valence-electron chi connectivity index (χ0n) is 13.0. The maximum atomic E-state index is 9.59. The molecule has 1 aromatic rings. The Morgan fingerprint density at radius 1 is 1.21 bits per heavy atom. The van der Waals surface area contributed by atoms with E-state index in [2.05, 4.69) is 42.5 Å². The quantitative estimate of drug-likeness (QED) is 0.587. The van der Waals surface area contributed by atoms with Gasteiger partial charge in [0.1, 0.15) is 17.7 Å². The van der Waals surface area contributed by atoms with Crippen LogP contribution in [0.2, 0.25) is 0 Å². The molecule has 24 heavy (non-hydrogen) atoms. The summed E-state index contributed by atoms with van der Waals surface area (Å²) >= 11 is 7.01. The second kappa shape index (κ2) is 9.19. The van der Waals surface area contributed by atoms with Crippen molar-refractivity contribution < 1.29 is 5.11 Å². The first-order chi connectivity index (χ1) is 11.5. The van der Waals surface area contributed by atoms with Crippen molar-refractivity contribution in [3.8, 4) is 12.1 Å². The van der Waals surface area contributed by atoms with Crippen LogP contribution in [0.15, 0.2) is 32.9 Å². The summed E-state index contributed by atoms with van der Waals surface area (Å²) < 4.78 is 1.79. The second-order valence-corrected chi connectivity index (χ2v) is 7.50. The van der Waals surface area contributed by atoms with Crippen molar-refractivity contribution in [2.75, 3.05) is 5.32 Å². The first kappa shape index (κ1) is 19.0. The SMILES string of the molecule is N#CC(C#N)=CNc1c(Br)cc(Br)cc1CNC1CCC(O)CC1. The molecule has 1 fully saturated rings. The van der Waals surface area contributed by atoms with E-state index in [9.17, 15) is 5.11 Å². The van der Waals surface area contributed by atoms with E-state index in [4.69, 9.17) is 10.5 Å². The molecule has 0 unspecified atom stereocenters. The van der Waals surface area contributed by atoms with Crippen LogP contribution in [0.3, 0.4) is 0 Å². The third-order valence-corrected chi connectivity index (χ3v) is 5.10. The molecule has 3 N–H and O–H groups in total. The Labute approximate surface area is 158 Å². The van der Waals surface area contributed by atoms with E-state index in [0.29, 0.717) is 12.6 Å². The Morgan fingerprint density at radius 2 is 1.88 bits per heavy atom. The van der Waals surface area contributed by atoms with E-state index in [-0.39, 0.29) is 11.7 Å². The zero-order chi connectivity index (χ0) is 17.5. The van der Waals surface area contributed by atoms with Gasteiger partial charge in [-0.25, -0.2) is 0 Å². The van der Waals surface area contributed by atoms with Gasteiger partial charge in [-0.05, 0) is 59.3 Å². The molecule has 0 bridgehead atoms. The van der Waals surface area contributed by atoms with E-state index >= 15 is 0 Å². The summed E-state index contributed by atoms with van der Waals surface area (Å²) in [6.45, 7) is 0.656. The van der Waals surface area contributed by atoms with E-state index in [1.54, 1.807) is 0 Å². The predicted octanol–water partition coefficient (Wildman–Crippen LogP) is 3.95. The molecule has 2 rings (SSSR count). The fraction of sp³-hybridized carbons (Fsp3) is 0.412. The van der Waals surface area contributed by atoms with Gasteiger partial charge in [-0.2, -0.15) is 10.5 Å². The topological polar surface area (TPSA) is 91.9 Å². The molecular weight excluding hydrogens is 436 g/mol. The molecule has 0 amide bonds. The van der Waals surface area contributed by atoms with Crippen molar-refractivity contribution in [1.29, 1.82) is 10.5 Å². The number of benzene rings is 1. The molecule has 126 valence electrons. The summed E-state index contributed by atoms with van der Waals surface area (Å²) in [4.78, 5) is 0. The van der Waals surface area contributed by atoms with Gasteiger partial charge in [0.15, 0.2) is 0 Å². The van der Waals surface area contributed by atoms with Gasteiger partial charge < -0.3 is 15.7 Å². The van der Waals surface area contributed by atoms with Crippen LogP contribution in [0.4, 0.5) is 5.69 Å². The molecule has 0 heterocycles. The van der Waals surface area contributed by atoms with Gasteiger partial charge in [-0.15, -0.1) is 0 Å². The van der Waals surface area contributed by atoms with Gasteiger partial charge in [0.05, 0.1) is 11.8 Å². The Hall–Kier alpha value is -1.38. The molecule has 1 saturated carbocycles. The lowest BCUT2D eigenvalue weighted by molar-refractivity contribution is 0.116. The third kappa shape index (κ3) is 5.32. The van der Waals surface area contributed by atoms with Crippen LogP contribution in [-0.4, -0.2) is 17.3 Å². The van der Waals surface area contributed by atoms with Crippen molar-refractivity contribution in [2.45, 2.75) is 44.4 Å². The lowest BCUT2D eigenvalue weighted by atomic mass is 9.93. The molecule has 0 aliphatic heterocycles. The van der Waals surface area contributed by atoms with Crippen LogP contribution in [0.5, 0.6) is 0 Å². The normalized spacial score (nSPS) is 19.9. The number of nitrogens with zero attached hydrogens (tertiary/aromatic N) is 2. The number of nitriles is 2. The van der Waals surface area contributed by atoms with Gasteiger partial charge >= 0.3 is 0 Å². The summed E-state index contributed by atoms with van der Waals surface area (Å²) in [5, 5.41) is 33.9. The fourth-order valence-electron chi connectivity index (χ4n) is 2.70. The van der Waals surface area contributed by atoms with Gasteiger partial charge in [0.25, 0.3) is 0 Å². The monoisotopic (exact) mass is 452 g/mol. The first-order valence-electron chi connectivity index (χ1n) is 7.69. The highest BCUT2D eigenvalue weighted by Gasteiger charge is 2.19. The molecule has 0 radical (unpaired) electrons. The maximum absolute atomic E-state index is 9.59. The Balaban J connectivity index is 2.12. The van der Waals surface area contributed by atoms with Crippen LogP contribution in [0.25, 0.3) is 0 Å². The van der Waals surface area contributed by atoms with Crippen LogP contribution in [0, 0.1) is 22.7 Å². The van der Waals surface area contributed by atoms with Crippen LogP contribution >= 0.6 is 31.9 Å². The molecule has 0 aromatic heterocycles. The number of aliphatic hydroxyl groups excluding tert-OH is 1. The maximum Gasteiger partial charge on any atom is 0.145 e. The minimum absolute atomic E-state index is 0.0185. The fourth-order valence-corrected chi connectivity index (χ4v) is 4.12. The Morgan fingerprint density at radius 3 is 2.50 bits per heavy atom. The summed E-state index contributed by atoms with van der Waals surface area (Å²) in [7, 11) is 0. The number of rotatable bonds is 5. The summed E-state index contributed by atoms with van der Waals surface area (Å²) in [6.07, 6.45) is 4.84. The number of hydrogen-bond donors (Lipinski definition) is 3. The highest BCUT2D eigenvalue weighted by molar-refractivity contribution is 9.11. The van der Waals surface area contributed by atoms with Crippen LogP contribution in [-0.2, 0) is 6.54 Å². The molecule has 0 atom stereocenters. The van der Waals surface area contributed by atoms with Gasteiger partial charge in [0, 0.05) is 27.7 Å². The molecule has 0 spiro atoms. The number of halogens is 2. The highest BCUT2D eigenvalue weighted by Crippen LogP contribution is 2.31. The highest BCUT2D eigenvalue weighted by atomic mass is 79.9. The van der Waals surface area contributed by atoms with Crippen molar-refractivity contribution in [2.24, 2.45) is 0 Å². The first-order valence-corrected chi connectivity index (χ1v) is 9.28. The smallest absolute Gasteiger partial charge is 0.145 e. The molecular formula is C17H18Br2N4O. The third-order valence-electron chi connectivity index (χ3n) is 4.02. The molecule has 0 saturated heterocycles. The molecule has 5 nitrogen and oxygen atoms in total. The van der Waals surface area contributed by atoms with E-state index in [1.807, 2.05) is 24.3 Å². The van der Waals surface area contributed by atoms with Gasteiger partial charge in [0.2, 0.25) is 0 Å². The number of anilines is 1. The Kier molecular flexibility index (Phi) is 7.26. The average molecular weight is 454 g/mol. The lowest BCUT2D eigenvalue weighted by Gasteiger charge is -2.26. The van der Waals surface area contributed by atoms with Crippen LogP contribution < -0.4 is 10.6 Å². The minimum Gasteiger partial charge on any atom is -0.393 e. The summed E-state index contributed by atoms with van der Waals surface area (Å²) in [6, 6.07) is 7.98. The summed E-state index contributed by atoms with van der Waals surface area (Å²) in [5.74, 6) is 0. The largest absolute Gasteiger partial charge is 0.393 e. The van der Waals surface area contributed by atoms with Crippen molar-refractivity contribution in [3.05, 3.63) is 38.4 Å². The summed E-state index contributed by atoms with van der Waals surface area (Å²) in [5.41, 5.74) is 1.86. The van der Waals surface area contributed by atoms with E-state index < -0.39 is 0 Å². The van der Waals surface area contributed by atoms with Crippen LogP contribution in [0.1, 0.15) is 31.2 Å². The zero-order valence-corrected chi connectivity index (χ0v) is 16.2. The molecule has 7 heteroatoms. The average Bonchev–Trinajstić information content (AvgIpc) is 2.56. The van der Waals surface area contributed by atoms with E-state index in [1.165, 1.54) is 6.20 Å².